The van der Waals surface area contributed by atoms with Crippen LogP contribution in [0.15, 0.2) is 46.2 Å². The Kier molecular flexibility index (Phi) is 3.96. The van der Waals surface area contributed by atoms with E-state index in [-0.39, 0.29) is 11.5 Å². The van der Waals surface area contributed by atoms with Crippen LogP contribution in [0.3, 0.4) is 0 Å². The number of rotatable bonds is 3. The fourth-order valence-corrected chi connectivity index (χ4v) is 3.68. The highest BCUT2D eigenvalue weighted by molar-refractivity contribution is 7.98. The van der Waals surface area contributed by atoms with Gasteiger partial charge < -0.3 is 9.47 Å². The number of benzene rings is 1. The van der Waals surface area contributed by atoms with Crippen molar-refractivity contribution in [2.75, 3.05) is 12.8 Å². The highest BCUT2D eigenvalue weighted by Gasteiger charge is 2.27. The van der Waals surface area contributed by atoms with Crippen LogP contribution in [0, 0.1) is 0 Å². The van der Waals surface area contributed by atoms with E-state index in [4.69, 9.17) is 0 Å². The van der Waals surface area contributed by atoms with E-state index in [1.807, 2.05) is 46.2 Å². The highest BCUT2D eigenvalue weighted by atomic mass is 32.2. The fourth-order valence-electron chi connectivity index (χ4n) is 3.27. The lowest BCUT2D eigenvalue weighted by molar-refractivity contribution is 0.0734. The van der Waals surface area contributed by atoms with Gasteiger partial charge in [0, 0.05) is 41.9 Å². The Morgan fingerprint density at radius 3 is 2.58 bits per heavy atom. The summed E-state index contributed by atoms with van der Waals surface area (Å²) < 4.78 is 1.85. The zero-order chi connectivity index (χ0) is 16.7. The lowest BCUT2D eigenvalue weighted by Crippen LogP contribution is -2.37. The van der Waals surface area contributed by atoms with Crippen molar-refractivity contribution in [3.05, 3.63) is 63.6 Å². The maximum absolute atomic E-state index is 12.8. The van der Waals surface area contributed by atoms with Gasteiger partial charge in [-0.1, -0.05) is 0 Å². The van der Waals surface area contributed by atoms with Crippen LogP contribution in [-0.4, -0.2) is 28.2 Å². The Morgan fingerprint density at radius 1 is 1.17 bits per heavy atom. The van der Waals surface area contributed by atoms with Crippen molar-refractivity contribution in [3.8, 4) is 0 Å². The van der Waals surface area contributed by atoms with Crippen molar-refractivity contribution < 1.29 is 4.79 Å². The van der Waals surface area contributed by atoms with Crippen LogP contribution in [0.5, 0.6) is 0 Å². The molecule has 0 N–H and O–H groups in total. The van der Waals surface area contributed by atoms with Crippen LogP contribution in [-0.2, 0) is 13.0 Å². The predicted octanol–water partition coefficient (Wildman–Crippen LogP) is 3.10. The number of pyridine rings is 1. The summed E-state index contributed by atoms with van der Waals surface area (Å²) in [6.45, 7) is 1.26. The SMILES string of the molecule is CSc1ccc(C(=O)N2CCc3cc(=O)n(C4CC4)cc3C2)cc1. The minimum absolute atomic E-state index is 0.0671. The molecule has 0 radical (unpaired) electrons. The molecule has 2 aromatic rings. The van der Waals surface area contributed by atoms with Crippen molar-refractivity contribution in [1.29, 1.82) is 0 Å². The van der Waals surface area contributed by atoms with Crippen molar-refractivity contribution >= 4 is 17.7 Å². The molecule has 4 nitrogen and oxygen atoms in total. The predicted molar refractivity (Wildman–Crippen MR) is 95.6 cm³/mol. The summed E-state index contributed by atoms with van der Waals surface area (Å²) >= 11 is 1.67. The van der Waals surface area contributed by atoms with Gasteiger partial charge in [0.2, 0.25) is 0 Å². The Balaban J connectivity index is 1.57. The maximum Gasteiger partial charge on any atom is 0.254 e. The number of nitrogens with zero attached hydrogens (tertiary/aromatic N) is 2. The number of hydrogen-bond donors (Lipinski definition) is 0. The first-order valence-corrected chi connectivity index (χ1v) is 9.55. The largest absolute Gasteiger partial charge is 0.334 e. The molecule has 0 unspecified atom stereocenters. The molecule has 0 spiro atoms. The summed E-state index contributed by atoms with van der Waals surface area (Å²) in [6.07, 6.45) is 6.93. The summed E-state index contributed by atoms with van der Waals surface area (Å²) in [5.41, 5.74) is 3.04. The third-order valence-corrected chi connectivity index (χ3v) is 5.58. The lowest BCUT2D eigenvalue weighted by atomic mass is 10.0. The molecule has 1 aromatic carbocycles. The van der Waals surface area contributed by atoms with Crippen LogP contribution in [0.4, 0.5) is 0 Å². The molecule has 24 heavy (non-hydrogen) atoms. The van der Waals surface area contributed by atoms with Gasteiger partial charge in [-0.3, -0.25) is 9.59 Å². The topological polar surface area (TPSA) is 42.3 Å². The molecule has 4 rings (SSSR count). The van der Waals surface area contributed by atoms with Crippen molar-refractivity contribution in [1.82, 2.24) is 9.47 Å². The first-order chi connectivity index (χ1) is 11.7. The zero-order valence-electron chi connectivity index (χ0n) is 13.7. The van der Waals surface area contributed by atoms with Gasteiger partial charge in [0.15, 0.2) is 0 Å². The average Bonchev–Trinajstić information content (AvgIpc) is 3.45. The molecule has 0 saturated heterocycles. The summed E-state index contributed by atoms with van der Waals surface area (Å²) in [6, 6.07) is 9.90. The lowest BCUT2D eigenvalue weighted by Gasteiger charge is -2.29. The molecule has 1 aromatic heterocycles. The van der Waals surface area contributed by atoms with Crippen molar-refractivity contribution in [2.24, 2.45) is 0 Å². The number of carbonyl (C=O) groups excluding carboxylic acids is 1. The Labute approximate surface area is 145 Å². The van der Waals surface area contributed by atoms with Crippen molar-refractivity contribution in [3.63, 3.8) is 0 Å². The quantitative estimate of drug-likeness (QED) is 0.806. The molecule has 1 aliphatic heterocycles. The molecule has 5 heteroatoms. The molecule has 1 aliphatic carbocycles. The second kappa shape index (κ2) is 6.13. The molecule has 1 fully saturated rings. The van der Waals surface area contributed by atoms with E-state index in [2.05, 4.69) is 0 Å². The Hall–Kier alpha value is -2.01. The summed E-state index contributed by atoms with van der Waals surface area (Å²) in [7, 11) is 0. The zero-order valence-corrected chi connectivity index (χ0v) is 14.5. The third kappa shape index (κ3) is 2.88. The number of carbonyl (C=O) groups is 1. The smallest absolute Gasteiger partial charge is 0.254 e. The minimum Gasteiger partial charge on any atom is -0.334 e. The average molecular weight is 340 g/mol. The number of hydrogen-bond acceptors (Lipinski definition) is 3. The van der Waals surface area contributed by atoms with E-state index >= 15 is 0 Å². The van der Waals surface area contributed by atoms with Crippen LogP contribution < -0.4 is 5.56 Å². The van der Waals surface area contributed by atoms with E-state index < -0.39 is 0 Å². The van der Waals surface area contributed by atoms with Crippen LogP contribution >= 0.6 is 11.8 Å². The van der Waals surface area contributed by atoms with E-state index in [1.165, 1.54) is 0 Å². The number of thioether (sulfide) groups is 1. The first-order valence-electron chi connectivity index (χ1n) is 8.33. The number of fused-ring (bicyclic) bond motifs is 1. The molecule has 0 atom stereocenters. The number of amides is 1. The normalized spacial score (nSPS) is 16.8. The highest BCUT2D eigenvalue weighted by Crippen LogP contribution is 2.34. The first kappa shape index (κ1) is 15.5. The van der Waals surface area contributed by atoms with Gasteiger partial charge in [0.05, 0.1) is 0 Å². The van der Waals surface area contributed by atoms with Crippen molar-refractivity contribution in [2.45, 2.75) is 36.7 Å². The van der Waals surface area contributed by atoms with E-state index in [0.29, 0.717) is 19.1 Å². The summed E-state index contributed by atoms with van der Waals surface area (Å²) in [5.74, 6) is 0.0671. The minimum atomic E-state index is 0.0671. The molecule has 0 bridgehead atoms. The van der Waals surface area contributed by atoms with Gasteiger partial charge in [-0.05, 0) is 60.9 Å². The van der Waals surface area contributed by atoms with Gasteiger partial charge in [0.1, 0.15) is 0 Å². The molecule has 2 heterocycles. The second-order valence-electron chi connectivity index (χ2n) is 6.51. The summed E-state index contributed by atoms with van der Waals surface area (Å²) in [4.78, 5) is 28.0. The Bertz CT molecular complexity index is 837. The van der Waals surface area contributed by atoms with Crippen LogP contribution in [0.1, 0.15) is 40.4 Å². The monoisotopic (exact) mass is 340 g/mol. The molecule has 124 valence electrons. The molecule has 1 saturated carbocycles. The van der Waals surface area contributed by atoms with E-state index in [0.717, 1.165) is 40.8 Å². The van der Waals surface area contributed by atoms with Crippen LogP contribution in [0.2, 0.25) is 0 Å². The Morgan fingerprint density at radius 2 is 1.92 bits per heavy atom. The van der Waals surface area contributed by atoms with Gasteiger partial charge in [-0.2, -0.15) is 0 Å². The van der Waals surface area contributed by atoms with Gasteiger partial charge in [-0.15, -0.1) is 11.8 Å². The van der Waals surface area contributed by atoms with Gasteiger partial charge >= 0.3 is 0 Å². The second-order valence-corrected chi connectivity index (χ2v) is 7.39. The molecule has 1 amide bonds. The fraction of sp³-hybridized carbons (Fsp3) is 0.368. The standard InChI is InChI=1S/C19H20N2O2S/c1-24-17-6-2-13(3-7-17)19(23)20-9-8-14-10-18(22)21(16-4-5-16)12-15(14)11-20/h2-3,6-7,10,12,16H,4-5,8-9,11H2,1H3. The maximum atomic E-state index is 12.8. The third-order valence-electron chi connectivity index (χ3n) is 4.84. The van der Waals surface area contributed by atoms with E-state index in [1.54, 1.807) is 17.8 Å². The van der Waals surface area contributed by atoms with Gasteiger partial charge in [-0.25, -0.2) is 0 Å². The summed E-state index contributed by atoms with van der Waals surface area (Å²) in [5, 5.41) is 0. The molecular weight excluding hydrogens is 320 g/mol. The van der Waals surface area contributed by atoms with Crippen LogP contribution in [0.25, 0.3) is 0 Å². The molecule has 2 aliphatic rings. The number of aromatic nitrogens is 1. The van der Waals surface area contributed by atoms with E-state index in [9.17, 15) is 9.59 Å². The van der Waals surface area contributed by atoms with Gasteiger partial charge in [0.25, 0.3) is 11.5 Å². The molecular formula is C19H20N2O2S.